The van der Waals surface area contributed by atoms with Crippen LogP contribution in [-0.2, 0) is 26.3 Å². The number of anilines is 1. The minimum absolute atomic E-state index is 0.0143. The first-order valence-corrected chi connectivity index (χ1v) is 15.4. The zero-order chi connectivity index (χ0) is 26.2. The number of fused-ring (bicyclic) bond motifs is 1. The van der Waals surface area contributed by atoms with Crippen LogP contribution in [0.3, 0.4) is 0 Å². The lowest BCUT2D eigenvalue weighted by Gasteiger charge is -2.19. The minimum Gasteiger partial charge on any atom is -0.495 e. The van der Waals surface area contributed by atoms with Crippen molar-refractivity contribution in [2.45, 2.75) is 20.4 Å². The maximum Gasteiger partial charge on any atom is 0.272 e. The van der Waals surface area contributed by atoms with Crippen molar-refractivity contribution in [2.75, 3.05) is 18.4 Å². The minimum atomic E-state index is -4.25. The molecular formula is C26H21ClN2O5S3. The average Bonchev–Trinajstić information content (AvgIpc) is 3.41. The second kappa shape index (κ2) is 9.94. The Kier molecular flexibility index (Phi) is 6.84. The molecule has 11 heteroatoms. The van der Waals surface area contributed by atoms with E-state index in [0.29, 0.717) is 11.6 Å². The third-order valence-electron chi connectivity index (χ3n) is 5.88. The molecule has 1 aliphatic rings. The molecule has 0 atom stereocenters. The average molecular weight is 573 g/mol. The maximum absolute atomic E-state index is 13.4. The zero-order valence-electron chi connectivity index (χ0n) is 19.5. The van der Waals surface area contributed by atoms with Gasteiger partial charge in [0, 0.05) is 22.7 Å². The van der Waals surface area contributed by atoms with Crippen LogP contribution in [0.15, 0.2) is 97.2 Å². The van der Waals surface area contributed by atoms with Gasteiger partial charge in [-0.3, -0.25) is 9.71 Å². The summed E-state index contributed by atoms with van der Waals surface area (Å²) in [6, 6.07) is 19.7. The molecule has 0 saturated heterocycles. The summed E-state index contributed by atoms with van der Waals surface area (Å²) in [4.78, 5) is 4.40. The molecular weight excluding hydrogens is 552 g/mol. The fourth-order valence-corrected chi connectivity index (χ4v) is 8.95. The van der Waals surface area contributed by atoms with E-state index in [1.807, 2.05) is 18.2 Å². The van der Waals surface area contributed by atoms with Crippen molar-refractivity contribution >= 4 is 54.2 Å². The molecule has 0 saturated carbocycles. The van der Waals surface area contributed by atoms with Gasteiger partial charge in [-0.2, -0.15) is 0 Å². The molecule has 1 aromatic heterocycles. The maximum atomic E-state index is 13.4. The predicted molar refractivity (Wildman–Crippen MR) is 146 cm³/mol. The van der Waals surface area contributed by atoms with Gasteiger partial charge in [-0.05, 0) is 59.8 Å². The van der Waals surface area contributed by atoms with Crippen LogP contribution in [0.1, 0.15) is 16.7 Å². The molecule has 0 aliphatic carbocycles. The number of nitrogens with zero attached hydrogens (tertiary/aromatic N) is 1. The predicted octanol–water partition coefficient (Wildman–Crippen LogP) is 5.44. The Morgan fingerprint density at radius 3 is 2.51 bits per heavy atom. The number of rotatable bonds is 7. The molecule has 0 fully saturated rings. The van der Waals surface area contributed by atoms with Gasteiger partial charge in [0.2, 0.25) is 9.84 Å². The van der Waals surface area contributed by atoms with E-state index in [9.17, 15) is 16.8 Å². The first-order valence-electron chi connectivity index (χ1n) is 11.1. The number of aliphatic imine (C=N–C) groups is 1. The number of hydrogen-bond donors (Lipinski definition) is 1. The molecule has 4 aromatic rings. The van der Waals surface area contributed by atoms with Crippen molar-refractivity contribution in [3.63, 3.8) is 0 Å². The topological polar surface area (TPSA) is 102 Å². The Hall–Kier alpha value is -3.18. The lowest BCUT2D eigenvalue weighted by molar-refractivity contribution is 0.417. The van der Waals surface area contributed by atoms with Gasteiger partial charge in [-0.1, -0.05) is 41.9 Å². The van der Waals surface area contributed by atoms with E-state index in [1.165, 1.54) is 30.7 Å². The highest BCUT2D eigenvalue weighted by atomic mass is 35.5. The van der Waals surface area contributed by atoms with Gasteiger partial charge in [0.15, 0.2) is 4.21 Å². The molecule has 2 heterocycles. The van der Waals surface area contributed by atoms with E-state index in [1.54, 1.807) is 36.4 Å². The van der Waals surface area contributed by atoms with E-state index >= 15 is 0 Å². The van der Waals surface area contributed by atoms with Crippen LogP contribution >= 0.6 is 22.9 Å². The van der Waals surface area contributed by atoms with Crippen LogP contribution in [0.25, 0.3) is 0 Å². The molecule has 1 N–H and O–H groups in total. The molecule has 0 spiro atoms. The standard InChI is InChI=1S/C26H21ClN2O5S3/c1-34-23-15-18(25-21-16-19(27)9-7-17(21)11-13-28-25)8-10-22(23)29-37(32,33)26-24(12-14-35-26)36(30,31)20-5-3-2-4-6-20/h2-10,12,14-16,29H,11,13H2,1H3. The van der Waals surface area contributed by atoms with Crippen molar-refractivity contribution in [1.29, 1.82) is 0 Å². The number of hydrogen-bond acceptors (Lipinski definition) is 7. The van der Waals surface area contributed by atoms with Crippen LogP contribution in [-0.4, -0.2) is 36.2 Å². The molecule has 1 aliphatic heterocycles. The Labute approximate surface area is 224 Å². The Morgan fingerprint density at radius 2 is 1.76 bits per heavy atom. The van der Waals surface area contributed by atoms with Gasteiger partial charge in [0.25, 0.3) is 10.0 Å². The highest BCUT2D eigenvalue weighted by molar-refractivity contribution is 7.96. The molecule has 7 nitrogen and oxygen atoms in total. The number of ether oxygens (including phenoxy) is 1. The monoisotopic (exact) mass is 572 g/mol. The number of halogens is 1. The van der Waals surface area contributed by atoms with Gasteiger partial charge in [0.05, 0.1) is 23.4 Å². The smallest absolute Gasteiger partial charge is 0.272 e. The molecule has 3 aromatic carbocycles. The van der Waals surface area contributed by atoms with E-state index in [-0.39, 0.29) is 25.4 Å². The van der Waals surface area contributed by atoms with E-state index in [4.69, 9.17) is 16.3 Å². The van der Waals surface area contributed by atoms with Crippen LogP contribution < -0.4 is 9.46 Å². The number of nitrogens with one attached hydrogen (secondary N) is 1. The molecule has 0 bridgehead atoms. The molecule has 0 radical (unpaired) electrons. The van der Waals surface area contributed by atoms with Gasteiger partial charge in [-0.25, -0.2) is 16.8 Å². The van der Waals surface area contributed by atoms with E-state index in [0.717, 1.165) is 40.2 Å². The lowest BCUT2D eigenvalue weighted by atomic mass is 9.93. The van der Waals surface area contributed by atoms with Crippen molar-refractivity contribution in [1.82, 2.24) is 0 Å². The van der Waals surface area contributed by atoms with Gasteiger partial charge < -0.3 is 4.74 Å². The fourth-order valence-electron chi connectivity index (χ4n) is 4.13. The third kappa shape index (κ3) is 4.89. The number of sulfone groups is 1. The summed E-state index contributed by atoms with van der Waals surface area (Å²) in [7, 11) is -6.86. The van der Waals surface area contributed by atoms with Crippen LogP contribution in [0, 0.1) is 0 Å². The number of sulfonamides is 1. The van der Waals surface area contributed by atoms with Crippen molar-refractivity contribution < 1.29 is 21.6 Å². The summed E-state index contributed by atoms with van der Waals surface area (Å²) in [5, 5.41) is 2.04. The quantitative estimate of drug-likeness (QED) is 0.318. The highest BCUT2D eigenvalue weighted by Crippen LogP contribution is 2.35. The molecule has 190 valence electrons. The molecule has 0 amide bonds. The first kappa shape index (κ1) is 25.5. The molecule has 5 rings (SSSR count). The fraction of sp³-hybridized carbons (Fsp3) is 0.115. The van der Waals surface area contributed by atoms with Gasteiger partial charge in [-0.15, -0.1) is 11.3 Å². The van der Waals surface area contributed by atoms with Crippen LogP contribution in [0.4, 0.5) is 5.69 Å². The summed E-state index contributed by atoms with van der Waals surface area (Å²) >= 11 is 7.05. The lowest BCUT2D eigenvalue weighted by Crippen LogP contribution is -2.17. The largest absolute Gasteiger partial charge is 0.495 e. The van der Waals surface area contributed by atoms with Crippen molar-refractivity contribution in [3.05, 3.63) is 99.9 Å². The number of benzene rings is 3. The van der Waals surface area contributed by atoms with Gasteiger partial charge in [0.1, 0.15) is 10.6 Å². The first-order chi connectivity index (χ1) is 17.7. The second-order valence-electron chi connectivity index (χ2n) is 8.19. The second-order valence-corrected chi connectivity index (χ2v) is 13.3. The summed E-state index contributed by atoms with van der Waals surface area (Å²) in [5.41, 5.74) is 3.70. The molecule has 37 heavy (non-hydrogen) atoms. The Morgan fingerprint density at radius 1 is 0.973 bits per heavy atom. The van der Waals surface area contributed by atoms with Crippen molar-refractivity contribution in [2.24, 2.45) is 4.99 Å². The summed E-state index contributed by atoms with van der Waals surface area (Å²) in [5.74, 6) is 0.266. The highest BCUT2D eigenvalue weighted by Gasteiger charge is 2.30. The number of methoxy groups -OCH3 is 1. The summed E-state index contributed by atoms with van der Waals surface area (Å²) in [6.45, 7) is 0.623. The SMILES string of the molecule is COc1cc(C2=NCCc3ccc(Cl)cc32)ccc1NS(=O)(=O)c1sccc1S(=O)(=O)c1ccccc1. The Balaban J connectivity index is 1.49. The summed E-state index contributed by atoms with van der Waals surface area (Å²) in [6.07, 6.45) is 0.806. The van der Waals surface area contributed by atoms with E-state index < -0.39 is 19.9 Å². The van der Waals surface area contributed by atoms with Gasteiger partial charge >= 0.3 is 0 Å². The third-order valence-corrected chi connectivity index (χ3v) is 11.0. The number of thiophene rings is 1. The van der Waals surface area contributed by atoms with Crippen LogP contribution in [0.5, 0.6) is 5.75 Å². The Bertz CT molecular complexity index is 1730. The van der Waals surface area contributed by atoms with Crippen LogP contribution in [0.2, 0.25) is 5.02 Å². The van der Waals surface area contributed by atoms with Crippen molar-refractivity contribution in [3.8, 4) is 5.75 Å². The van der Waals surface area contributed by atoms with E-state index in [2.05, 4.69) is 9.71 Å². The molecule has 0 unspecified atom stereocenters. The normalized spacial score (nSPS) is 13.5. The summed E-state index contributed by atoms with van der Waals surface area (Å²) < 4.78 is 60.7. The zero-order valence-corrected chi connectivity index (χ0v) is 22.7.